The lowest BCUT2D eigenvalue weighted by Crippen LogP contribution is -2.56. The summed E-state index contributed by atoms with van der Waals surface area (Å²) >= 11 is 0. The molecule has 0 saturated heterocycles. The van der Waals surface area contributed by atoms with Gasteiger partial charge in [-0.05, 0) is 100.0 Å². The van der Waals surface area contributed by atoms with E-state index in [0.29, 0.717) is 5.92 Å². The smallest absolute Gasteiger partial charge is 0.309 e. The van der Waals surface area contributed by atoms with Crippen LogP contribution in [0.25, 0.3) is 10.9 Å². The molecule has 4 aliphatic rings. The number of nitrogens with one attached hydrogen (secondary N) is 1. The molecular weight excluding hydrogens is 448 g/mol. The first-order valence-electron chi connectivity index (χ1n) is 13.6. The molecule has 0 atom stereocenters. The lowest BCUT2D eigenvalue weighted by molar-refractivity contribution is -0.156. The molecule has 4 saturated carbocycles. The molecule has 7 rings (SSSR count). The number of aromatic nitrogens is 1. The minimum absolute atomic E-state index is 0.0745. The van der Waals surface area contributed by atoms with Crippen LogP contribution in [0.4, 0.5) is 0 Å². The second-order valence-electron chi connectivity index (χ2n) is 11.4. The quantitative estimate of drug-likeness (QED) is 0.395. The zero-order valence-corrected chi connectivity index (χ0v) is 20.9. The van der Waals surface area contributed by atoms with Crippen LogP contribution in [0, 0.1) is 5.41 Å². The second-order valence-corrected chi connectivity index (χ2v) is 11.4. The van der Waals surface area contributed by atoms with Crippen molar-refractivity contribution >= 4 is 16.9 Å². The zero-order valence-electron chi connectivity index (χ0n) is 20.9. The van der Waals surface area contributed by atoms with E-state index >= 15 is 0 Å². The Morgan fingerprint density at radius 1 is 0.917 bits per heavy atom. The molecule has 0 spiro atoms. The summed E-state index contributed by atoms with van der Waals surface area (Å²) in [5.41, 5.74) is 3.09. The highest BCUT2D eigenvalue weighted by Gasteiger charge is 2.52. The number of benzene rings is 2. The third-order valence-electron chi connectivity index (χ3n) is 9.31. The van der Waals surface area contributed by atoms with Gasteiger partial charge in [0.25, 0.3) is 0 Å². The molecule has 4 fully saturated rings. The van der Waals surface area contributed by atoms with E-state index in [9.17, 15) is 9.90 Å². The summed E-state index contributed by atoms with van der Waals surface area (Å²) in [6.45, 7) is 0.721. The third-order valence-corrected chi connectivity index (χ3v) is 9.31. The van der Waals surface area contributed by atoms with Gasteiger partial charge in [-0.15, -0.1) is 0 Å². The van der Waals surface area contributed by atoms with Crippen LogP contribution in [-0.4, -0.2) is 27.7 Å². The SMILES string of the molecule is O=C(O)C12CCC(NCc3ccc4cc(OC5CCC(c6ccccc6)CC5)ccc4n3)(CC1)CC2. The van der Waals surface area contributed by atoms with Crippen molar-refractivity contribution in [3.63, 3.8) is 0 Å². The van der Waals surface area contributed by atoms with Crippen LogP contribution in [0.2, 0.25) is 0 Å². The fraction of sp³-hybridized carbons (Fsp3) is 0.484. The van der Waals surface area contributed by atoms with E-state index in [1.54, 1.807) is 0 Å². The van der Waals surface area contributed by atoms with E-state index < -0.39 is 11.4 Å². The second kappa shape index (κ2) is 9.51. The summed E-state index contributed by atoms with van der Waals surface area (Å²) < 4.78 is 6.38. The largest absolute Gasteiger partial charge is 0.490 e. The van der Waals surface area contributed by atoms with Crippen molar-refractivity contribution in [3.05, 3.63) is 71.9 Å². The molecule has 4 aliphatic carbocycles. The first-order chi connectivity index (χ1) is 17.5. The van der Waals surface area contributed by atoms with Crippen molar-refractivity contribution < 1.29 is 14.6 Å². The topological polar surface area (TPSA) is 71.5 Å². The van der Waals surface area contributed by atoms with E-state index in [-0.39, 0.29) is 11.6 Å². The Morgan fingerprint density at radius 2 is 1.64 bits per heavy atom. The Balaban J connectivity index is 1.04. The highest BCUT2D eigenvalue weighted by Crippen LogP contribution is 2.52. The number of aliphatic carboxylic acids is 1. The lowest BCUT2D eigenvalue weighted by Gasteiger charge is -2.51. The number of carboxylic acid groups (broad SMARTS) is 1. The van der Waals surface area contributed by atoms with Crippen molar-refractivity contribution in [2.75, 3.05) is 0 Å². The van der Waals surface area contributed by atoms with Crippen molar-refractivity contribution in [3.8, 4) is 5.75 Å². The number of carboxylic acids is 1. The molecule has 36 heavy (non-hydrogen) atoms. The number of nitrogens with zero attached hydrogens (tertiary/aromatic N) is 1. The van der Waals surface area contributed by atoms with E-state index in [2.05, 4.69) is 66.0 Å². The molecule has 2 bridgehead atoms. The normalized spacial score (nSPS) is 29.8. The number of hydrogen-bond acceptors (Lipinski definition) is 4. The van der Waals surface area contributed by atoms with Gasteiger partial charge in [0.15, 0.2) is 0 Å². The molecule has 5 heteroatoms. The van der Waals surface area contributed by atoms with E-state index in [1.807, 2.05) is 0 Å². The van der Waals surface area contributed by atoms with Crippen LogP contribution < -0.4 is 10.1 Å². The summed E-state index contributed by atoms with van der Waals surface area (Å²) in [7, 11) is 0. The molecule has 2 aromatic carbocycles. The Labute approximate surface area is 213 Å². The first-order valence-corrected chi connectivity index (χ1v) is 13.6. The fourth-order valence-corrected chi connectivity index (χ4v) is 6.80. The maximum atomic E-state index is 11.7. The fourth-order valence-electron chi connectivity index (χ4n) is 6.80. The minimum atomic E-state index is -0.602. The van der Waals surface area contributed by atoms with Crippen LogP contribution in [0.5, 0.6) is 5.75 Å². The maximum Gasteiger partial charge on any atom is 0.309 e. The predicted octanol–water partition coefficient (Wildman–Crippen LogP) is 6.61. The highest BCUT2D eigenvalue weighted by atomic mass is 16.5. The Morgan fingerprint density at radius 3 is 2.33 bits per heavy atom. The van der Waals surface area contributed by atoms with Gasteiger partial charge >= 0.3 is 5.97 Å². The monoisotopic (exact) mass is 484 g/mol. The average Bonchev–Trinajstić information content (AvgIpc) is 2.94. The summed E-state index contributed by atoms with van der Waals surface area (Å²) in [5, 5.41) is 14.5. The predicted molar refractivity (Wildman–Crippen MR) is 141 cm³/mol. The van der Waals surface area contributed by atoms with Gasteiger partial charge in [-0.1, -0.05) is 36.4 Å². The molecule has 0 unspecified atom stereocenters. The number of pyridine rings is 1. The van der Waals surface area contributed by atoms with Crippen LogP contribution >= 0.6 is 0 Å². The Hall–Kier alpha value is -2.92. The van der Waals surface area contributed by atoms with E-state index in [1.165, 1.54) is 18.4 Å². The van der Waals surface area contributed by atoms with Gasteiger partial charge in [0, 0.05) is 17.5 Å². The Kier molecular flexibility index (Phi) is 6.20. The van der Waals surface area contributed by atoms with Crippen LogP contribution in [0.15, 0.2) is 60.7 Å². The maximum absolute atomic E-state index is 11.7. The zero-order chi connectivity index (χ0) is 24.6. The minimum Gasteiger partial charge on any atom is -0.490 e. The van der Waals surface area contributed by atoms with Crippen LogP contribution in [0.1, 0.15) is 81.4 Å². The van der Waals surface area contributed by atoms with Gasteiger partial charge in [-0.2, -0.15) is 0 Å². The summed E-state index contributed by atoms with van der Waals surface area (Å²) in [6.07, 6.45) is 10.0. The van der Waals surface area contributed by atoms with Gasteiger partial charge < -0.3 is 15.2 Å². The third kappa shape index (κ3) is 4.61. The lowest BCUT2D eigenvalue weighted by atomic mass is 9.57. The molecule has 1 aromatic heterocycles. The number of rotatable bonds is 7. The van der Waals surface area contributed by atoms with Crippen molar-refractivity contribution in [2.24, 2.45) is 5.41 Å². The molecule has 0 amide bonds. The molecule has 188 valence electrons. The van der Waals surface area contributed by atoms with Gasteiger partial charge in [0.1, 0.15) is 5.75 Å². The molecule has 0 aliphatic heterocycles. The average molecular weight is 485 g/mol. The van der Waals surface area contributed by atoms with Gasteiger partial charge in [-0.25, -0.2) is 0 Å². The highest BCUT2D eigenvalue weighted by molar-refractivity contribution is 5.80. The number of fused-ring (bicyclic) bond motifs is 4. The van der Waals surface area contributed by atoms with Crippen molar-refractivity contribution in [1.82, 2.24) is 10.3 Å². The van der Waals surface area contributed by atoms with E-state index in [0.717, 1.165) is 80.3 Å². The molecule has 1 heterocycles. The molecule has 3 aromatic rings. The summed E-state index contributed by atoms with van der Waals surface area (Å²) in [6, 6.07) is 21.4. The number of ether oxygens (including phenoxy) is 1. The van der Waals surface area contributed by atoms with Gasteiger partial charge in [0.2, 0.25) is 0 Å². The van der Waals surface area contributed by atoms with Crippen LogP contribution in [-0.2, 0) is 11.3 Å². The molecular formula is C31H36N2O3. The Bertz CT molecular complexity index is 1210. The van der Waals surface area contributed by atoms with Crippen molar-refractivity contribution in [2.45, 2.75) is 88.3 Å². The summed E-state index contributed by atoms with van der Waals surface area (Å²) in [5.74, 6) is 0.985. The molecule has 0 radical (unpaired) electrons. The summed E-state index contributed by atoms with van der Waals surface area (Å²) in [4.78, 5) is 16.6. The van der Waals surface area contributed by atoms with Gasteiger partial charge in [-0.3, -0.25) is 9.78 Å². The molecule has 5 nitrogen and oxygen atoms in total. The van der Waals surface area contributed by atoms with E-state index in [4.69, 9.17) is 9.72 Å². The van der Waals surface area contributed by atoms with Crippen molar-refractivity contribution in [1.29, 1.82) is 0 Å². The standard InChI is InChI=1S/C31H36N2O3/c34-29(35)30-14-17-31(18-15-30,19-16-30)32-21-25-9-6-24-20-27(12-13-28(24)33-25)36-26-10-7-23(8-11-26)22-4-2-1-3-5-22/h1-6,9,12-13,20,23,26,32H,7-8,10-11,14-19,21H2,(H,34,35). The number of hydrogen-bond donors (Lipinski definition) is 2. The van der Waals surface area contributed by atoms with Gasteiger partial charge in [0.05, 0.1) is 22.7 Å². The molecule has 2 N–H and O–H groups in total. The van der Waals surface area contributed by atoms with Crippen LogP contribution in [0.3, 0.4) is 0 Å². The first kappa shape index (κ1) is 23.5. The number of carbonyl (C=O) groups is 1.